The van der Waals surface area contributed by atoms with Crippen LogP contribution >= 0.6 is 22.9 Å². The number of thiophene rings is 1. The number of nitrogens with zero attached hydrogens (tertiary/aromatic N) is 3. The van der Waals surface area contributed by atoms with E-state index in [1.54, 1.807) is 42.5 Å². The summed E-state index contributed by atoms with van der Waals surface area (Å²) in [6, 6.07) is 6.16. The first kappa shape index (κ1) is 18.1. The maximum atomic E-state index is 13.1. The molecule has 1 amide bonds. The molecule has 0 unspecified atom stereocenters. The van der Waals surface area contributed by atoms with Crippen LogP contribution in [0.5, 0.6) is 0 Å². The predicted octanol–water partition coefficient (Wildman–Crippen LogP) is 3.83. The van der Waals surface area contributed by atoms with E-state index in [1.165, 1.54) is 9.56 Å². The number of nitrogens with one attached hydrogen (secondary N) is 1. The van der Waals surface area contributed by atoms with Crippen molar-refractivity contribution in [3.63, 3.8) is 0 Å². The summed E-state index contributed by atoms with van der Waals surface area (Å²) < 4.78 is 1.17. The standard InChI is InChI=1S/C19H19ClN4O2S/c1-10-7-8-12-15(9-10)27-18-16(12)19(26)24(23-22-18)11(2)17(25)21-14-6-4-3-5-13(14)20/h3-6,10-11H,7-9H2,1-2H3,(H,21,25)/t10-,11+/m0/s1. The molecule has 6 nitrogen and oxygen atoms in total. The Kier molecular flexibility index (Phi) is 4.74. The topological polar surface area (TPSA) is 76.9 Å². The van der Waals surface area contributed by atoms with E-state index in [9.17, 15) is 9.59 Å². The number of rotatable bonds is 3. The molecule has 2 heterocycles. The third kappa shape index (κ3) is 3.26. The van der Waals surface area contributed by atoms with Crippen LogP contribution < -0.4 is 10.9 Å². The fourth-order valence-electron chi connectivity index (χ4n) is 3.44. The normalized spacial score (nSPS) is 17.5. The van der Waals surface area contributed by atoms with Crippen molar-refractivity contribution < 1.29 is 4.79 Å². The molecule has 0 saturated heterocycles. The lowest BCUT2D eigenvalue weighted by molar-refractivity contribution is -0.119. The molecule has 4 rings (SSSR count). The molecular formula is C19H19ClN4O2S. The molecule has 0 bridgehead atoms. The molecule has 0 radical (unpaired) electrons. The van der Waals surface area contributed by atoms with E-state index < -0.39 is 6.04 Å². The van der Waals surface area contributed by atoms with E-state index in [4.69, 9.17) is 11.6 Å². The Hall–Kier alpha value is -2.25. The Labute approximate surface area is 165 Å². The highest BCUT2D eigenvalue weighted by molar-refractivity contribution is 7.18. The summed E-state index contributed by atoms with van der Waals surface area (Å²) in [5.74, 6) is 0.248. The monoisotopic (exact) mass is 402 g/mol. The molecule has 0 saturated carbocycles. The number of fused-ring (bicyclic) bond motifs is 3. The van der Waals surface area contributed by atoms with Crippen molar-refractivity contribution in [2.24, 2.45) is 5.92 Å². The van der Waals surface area contributed by atoms with Crippen LogP contribution in [0.2, 0.25) is 5.02 Å². The maximum absolute atomic E-state index is 13.1. The average Bonchev–Trinajstić information content (AvgIpc) is 3.01. The lowest BCUT2D eigenvalue weighted by Crippen LogP contribution is -2.34. The van der Waals surface area contributed by atoms with Gasteiger partial charge in [-0.3, -0.25) is 9.59 Å². The van der Waals surface area contributed by atoms with Crippen molar-refractivity contribution in [1.29, 1.82) is 0 Å². The minimum absolute atomic E-state index is 0.256. The highest BCUT2D eigenvalue weighted by Crippen LogP contribution is 2.35. The molecule has 0 fully saturated rings. The van der Waals surface area contributed by atoms with Gasteiger partial charge < -0.3 is 5.32 Å². The van der Waals surface area contributed by atoms with Crippen LogP contribution in [0.25, 0.3) is 10.2 Å². The molecular weight excluding hydrogens is 384 g/mol. The van der Waals surface area contributed by atoms with Crippen molar-refractivity contribution in [1.82, 2.24) is 15.0 Å². The van der Waals surface area contributed by atoms with Gasteiger partial charge in [-0.2, -0.15) is 4.68 Å². The van der Waals surface area contributed by atoms with E-state index in [-0.39, 0.29) is 11.5 Å². The number of carbonyl (C=O) groups is 1. The minimum atomic E-state index is -0.802. The molecule has 0 aliphatic heterocycles. The summed E-state index contributed by atoms with van der Waals surface area (Å²) in [6.07, 6.45) is 2.90. The SMILES string of the molecule is C[C@H]1CCc2c(sc3nnn([C@H](C)C(=O)Nc4ccccc4Cl)c(=O)c23)C1. The van der Waals surface area contributed by atoms with E-state index in [0.717, 1.165) is 24.8 Å². The van der Waals surface area contributed by atoms with Crippen LogP contribution in [-0.4, -0.2) is 20.9 Å². The molecule has 140 valence electrons. The summed E-state index contributed by atoms with van der Waals surface area (Å²) in [5, 5.41) is 12.1. The van der Waals surface area contributed by atoms with Gasteiger partial charge in [-0.15, -0.1) is 16.4 Å². The predicted molar refractivity (Wildman–Crippen MR) is 108 cm³/mol. The number of halogens is 1. The summed E-state index contributed by atoms with van der Waals surface area (Å²) in [6.45, 7) is 3.85. The molecule has 1 aliphatic carbocycles. The first-order valence-electron chi connectivity index (χ1n) is 8.91. The number of amides is 1. The molecule has 0 spiro atoms. The Balaban J connectivity index is 1.69. The number of hydrogen-bond donors (Lipinski definition) is 1. The highest BCUT2D eigenvalue weighted by Gasteiger charge is 2.26. The number of aromatic nitrogens is 3. The Bertz CT molecular complexity index is 1090. The molecule has 1 aliphatic rings. The zero-order valence-corrected chi connectivity index (χ0v) is 16.6. The quantitative estimate of drug-likeness (QED) is 0.722. The Morgan fingerprint density at radius 2 is 2.19 bits per heavy atom. The number of carbonyl (C=O) groups excluding carboxylic acids is 1. The van der Waals surface area contributed by atoms with Crippen LogP contribution in [-0.2, 0) is 17.6 Å². The molecule has 2 atom stereocenters. The van der Waals surface area contributed by atoms with Gasteiger partial charge in [-0.25, -0.2) is 0 Å². The van der Waals surface area contributed by atoms with Gasteiger partial charge in [-0.05, 0) is 49.8 Å². The minimum Gasteiger partial charge on any atom is -0.323 e. The van der Waals surface area contributed by atoms with Crippen molar-refractivity contribution in [2.75, 3.05) is 5.32 Å². The van der Waals surface area contributed by atoms with E-state index in [1.807, 2.05) is 0 Å². The number of para-hydroxylation sites is 1. The van der Waals surface area contributed by atoms with Crippen LogP contribution in [0.3, 0.4) is 0 Å². The lowest BCUT2D eigenvalue weighted by atomic mass is 9.89. The summed E-state index contributed by atoms with van der Waals surface area (Å²) >= 11 is 7.64. The average molecular weight is 403 g/mol. The molecule has 3 aromatic rings. The van der Waals surface area contributed by atoms with Gasteiger partial charge in [0.2, 0.25) is 5.91 Å². The van der Waals surface area contributed by atoms with Gasteiger partial charge in [0.05, 0.1) is 16.1 Å². The number of anilines is 1. The van der Waals surface area contributed by atoms with Gasteiger partial charge in [0.1, 0.15) is 6.04 Å². The van der Waals surface area contributed by atoms with Gasteiger partial charge in [0.15, 0.2) is 4.83 Å². The van der Waals surface area contributed by atoms with Gasteiger partial charge >= 0.3 is 0 Å². The van der Waals surface area contributed by atoms with Gasteiger partial charge in [0.25, 0.3) is 5.56 Å². The van der Waals surface area contributed by atoms with E-state index in [2.05, 4.69) is 22.6 Å². The largest absolute Gasteiger partial charge is 0.323 e. The third-order valence-electron chi connectivity index (χ3n) is 5.02. The van der Waals surface area contributed by atoms with Crippen molar-refractivity contribution in [3.05, 3.63) is 50.1 Å². The lowest BCUT2D eigenvalue weighted by Gasteiger charge is -2.18. The second-order valence-corrected chi connectivity index (χ2v) is 8.51. The van der Waals surface area contributed by atoms with E-state index >= 15 is 0 Å². The second-order valence-electron chi connectivity index (χ2n) is 7.02. The summed E-state index contributed by atoms with van der Waals surface area (Å²) in [4.78, 5) is 27.6. The van der Waals surface area contributed by atoms with Crippen molar-refractivity contribution >= 4 is 44.7 Å². The first-order valence-corrected chi connectivity index (χ1v) is 10.1. The second kappa shape index (κ2) is 7.05. The third-order valence-corrected chi connectivity index (χ3v) is 6.49. The Morgan fingerprint density at radius 1 is 1.41 bits per heavy atom. The summed E-state index contributed by atoms with van der Waals surface area (Å²) in [7, 11) is 0. The highest BCUT2D eigenvalue weighted by atomic mass is 35.5. The molecule has 2 aromatic heterocycles. The van der Waals surface area contributed by atoms with Crippen LogP contribution in [0.1, 0.15) is 36.8 Å². The van der Waals surface area contributed by atoms with E-state index in [0.29, 0.717) is 26.8 Å². The maximum Gasteiger partial charge on any atom is 0.279 e. The van der Waals surface area contributed by atoms with Crippen molar-refractivity contribution in [2.45, 2.75) is 39.2 Å². The fourth-order valence-corrected chi connectivity index (χ4v) is 4.94. The zero-order valence-electron chi connectivity index (χ0n) is 15.0. The molecule has 1 N–H and O–H groups in total. The molecule has 8 heteroatoms. The van der Waals surface area contributed by atoms with Gasteiger partial charge in [-0.1, -0.05) is 35.9 Å². The Morgan fingerprint density at radius 3 is 2.96 bits per heavy atom. The molecule has 27 heavy (non-hydrogen) atoms. The van der Waals surface area contributed by atoms with Gasteiger partial charge in [0, 0.05) is 4.88 Å². The number of benzene rings is 1. The number of aryl methyl sites for hydroxylation is 1. The van der Waals surface area contributed by atoms with Crippen LogP contribution in [0, 0.1) is 5.92 Å². The van der Waals surface area contributed by atoms with Crippen LogP contribution in [0.4, 0.5) is 5.69 Å². The molecule has 1 aromatic carbocycles. The summed E-state index contributed by atoms with van der Waals surface area (Å²) in [5.41, 5.74) is 1.33. The smallest absolute Gasteiger partial charge is 0.279 e. The first-order chi connectivity index (χ1) is 13.0. The zero-order chi connectivity index (χ0) is 19.1. The number of hydrogen-bond acceptors (Lipinski definition) is 5. The fraction of sp³-hybridized carbons (Fsp3) is 0.368. The van der Waals surface area contributed by atoms with Crippen LogP contribution in [0.15, 0.2) is 29.1 Å². The van der Waals surface area contributed by atoms with Crippen molar-refractivity contribution in [3.8, 4) is 0 Å².